The fourth-order valence-corrected chi connectivity index (χ4v) is 3.58. The molecule has 0 unspecified atom stereocenters. The molecule has 14 heteroatoms. The number of benzene rings is 1. The van der Waals surface area contributed by atoms with Crippen molar-refractivity contribution in [1.82, 2.24) is 15.0 Å². The summed E-state index contributed by atoms with van der Waals surface area (Å²) >= 11 is 0. The van der Waals surface area contributed by atoms with Gasteiger partial charge in [-0.25, -0.2) is 5.43 Å². The highest BCUT2D eigenvalue weighted by Gasteiger charge is 2.23. The average molecular weight is 458 g/mol. The molecule has 1 aromatic heterocycles. The molecule has 0 saturated carbocycles. The van der Waals surface area contributed by atoms with Crippen molar-refractivity contribution in [2.24, 2.45) is 5.10 Å². The van der Waals surface area contributed by atoms with Crippen molar-refractivity contribution in [2.45, 2.75) is 0 Å². The van der Waals surface area contributed by atoms with Crippen LogP contribution >= 0.6 is 0 Å². The molecule has 174 valence electrons. The molecule has 0 aliphatic carbocycles. The van der Waals surface area contributed by atoms with E-state index in [0.717, 1.165) is 0 Å². The molecule has 0 amide bonds. The van der Waals surface area contributed by atoms with Gasteiger partial charge in [0.2, 0.25) is 24.6 Å². The normalized spacial score (nSPS) is 18.1. The Hall–Kier alpha value is -3.78. The fraction of sp³-hybridized carbons (Fsp3) is 0.474. The topological polar surface area (TPSA) is 150 Å². The maximum atomic E-state index is 11.5. The molecule has 2 saturated heterocycles. The maximum absolute atomic E-state index is 11.5. The van der Waals surface area contributed by atoms with Gasteiger partial charge in [0.15, 0.2) is 11.5 Å². The van der Waals surface area contributed by atoms with E-state index in [9.17, 15) is 10.1 Å². The minimum atomic E-state index is -0.501. The summed E-state index contributed by atoms with van der Waals surface area (Å²) in [5.41, 5.74) is 2.89. The largest absolute Gasteiger partial charge is 0.454 e. The third kappa shape index (κ3) is 4.70. The van der Waals surface area contributed by atoms with Crippen LogP contribution in [0, 0.1) is 10.1 Å². The molecule has 4 heterocycles. The smallest absolute Gasteiger partial charge is 0.282 e. The molecule has 1 N–H and O–H groups in total. The van der Waals surface area contributed by atoms with Gasteiger partial charge < -0.3 is 28.7 Å². The van der Waals surface area contributed by atoms with Gasteiger partial charge in [0.1, 0.15) is 0 Å². The SMILES string of the molecule is O=[N+]([O-])c1cc2c(cc1/C=N/Nc1nc(N3CCOCC3)nc(N3CCOCC3)n1)OCO2. The van der Waals surface area contributed by atoms with Gasteiger partial charge in [-0.3, -0.25) is 10.1 Å². The molecule has 5 rings (SSSR count). The van der Waals surface area contributed by atoms with Gasteiger partial charge in [-0.15, -0.1) is 0 Å². The van der Waals surface area contributed by atoms with E-state index in [1.165, 1.54) is 18.3 Å². The summed E-state index contributed by atoms with van der Waals surface area (Å²) < 4.78 is 21.4. The van der Waals surface area contributed by atoms with Crippen LogP contribution in [-0.4, -0.2) is 85.5 Å². The Kier molecular flexibility index (Phi) is 5.99. The van der Waals surface area contributed by atoms with Crippen molar-refractivity contribution in [1.29, 1.82) is 0 Å². The van der Waals surface area contributed by atoms with Crippen LogP contribution in [0.25, 0.3) is 0 Å². The lowest BCUT2D eigenvalue weighted by atomic mass is 10.1. The van der Waals surface area contributed by atoms with Gasteiger partial charge >= 0.3 is 0 Å². The number of hydrazone groups is 1. The minimum absolute atomic E-state index is 0.0187. The summed E-state index contributed by atoms with van der Waals surface area (Å²) in [5, 5.41) is 15.6. The zero-order valence-corrected chi connectivity index (χ0v) is 17.7. The summed E-state index contributed by atoms with van der Waals surface area (Å²) in [4.78, 5) is 28.6. The predicted octanol–water partition coefficient (Wildman–Crippen LogP) is 0.628. The Bertz CT molecular complexity index is 1020. The summed E-state index contributed by atoms with van der Waals surface area (Å²) in [7, 11) is 0. The lowest BCUT2D eigenvalue weighted by Crippen LogP contribution is -2.40. The van der Waals surface area contributed by atoms with E-state index >= 15 is 0 Å². The number of rotatable bonds is 6. The highest BCUT2D eigenvalue weighted by Crippen LogP contribution is 2.37. The van der Waals surface area contributed by atoms with Crippen LogP contribution in [0.4, 0.5) is 23.5 Å². The number of ether oxygens (including phenoxy) is 4. The van der Waals surface area contributed by atoms with Crippen LogP contribution in [0.3, 0.4) is 0 Å². The Morgan fingerprint density at radius 1 is 0.939 bits per heavy atom. The summed E-state index contributed by atoms with van der Waals surface area (Å²) in [5.74, 6) is 2.01. The van der Waals surface area contributed by atoms with Gasteiger partial charge in [-0.1, -0.05) is 0 Å². The number of nitrogens with one attached hydrogen (secondary N) is 1. The number of hydrogen-bond acceptors (Lipinski definition) is 13. The fourth-order valence-electron chi connectivity index (χ4n) is 3.58. The predicted molar refractivity (Wildman–Crippen MR) is 116 cm³/mol. The van der Waals surface area contributed by atoms with Gasteiger partial charge in [0.05, 0.1) is 49.2 Å². The molecule has 2 aromatic rings. The Morgan fingerprint density at radius 2 is 1.52 bits per heavy atom. The zero-order valence-electron chi connectivity index (χ0n) is 17.7. The quantitative estimate of drug-likeness (QED) is 0.367. The number of hydrogen-bond donors (Lipinski definition) is 1. The molecule has 1 aromatic carbocycles. The molecule has 2 fully saturated rings. The van der Waals surface area contributed by atoms with Crippen molar-refractivity contribution in [3.05, 3.63) is 27.8 Å². The second-order valence-electron chi connectivity index (χ2n) is 7.35. The molecule has 0 radical (unpaired) electrons. The highest BCUT2D eigenvalue weighted by molar-refractivity contribution is 5.87. The van der Waals surface area contributed by atoms with E-state index in [2.05, 4.69) is 25.5 Å². The Balaban J connectivity index is 1.40. The van der Waals surface area contributed by atoms with Crippen molar-refractivity contribution in [2.75, 3.05) is 74.6 Å². The van der Waals surface area contributed by atoms with E-state index in [4.69, 9.17) is 18.9 Å². The first-order valence-corrected chi connectivity index (χ1v) is 10.5. The number of morpholine rings is 2. The van der Waals surface area contributed by atoms with E-state index in [-0.39, 0.29) is 24.0 Å². The number of nitro groups is 1. The van der Waals surface area contributed by atoms with E-state index < -0.39 is 4.92 Å². The number of aromatic nitrogens is 3. The second-order valence-corrected chi connectivity index (χ2v) is 7.35. The summed E-state index contributed by atoms with van der Waals surface area (Å²) in [6.07, 6.45) is 1.33. The van der Waals surface area contributed by atoms with Gasteiger partial charge in [-0.2, -0.15) is 20.1 Å². The van der Waals surface area contributed by atoms with Gasteiger partial charge in [0.25, 0.3) is 5.69 Å². The number of nitro benzene ring substituents is 1. The minimum Gasteiger partial charge on any atom is -0.454 e. The molecule has 3 aliphatic rings. The third-order valence-corrected chi connectivity index (χ3v) is 5.29. The Labute approximate surface area is 188 Å². The molecule has 0 bridgehead atoms. The molecule has 3 aliphatic heterocycles. The average Bonchev–Trinajstić information content (AvgIpc) is 3.32. The van der Waals surface area contributed by atoms with Gasteiger partial charge in [-0.05, 0) is 6.07 Å². The van der Waals surface area contributed by atoms with E-state index in [1.54, 1.807) is 0 Å². The first-order chi connectivity index (χ1) is 16.2. The number of anilines is 3. The standard InChI is InChI=1S/C19H22N8O6/c28-27(29)14-10-16-15(32-12-33-16)9-13(14)11-20-24-17-21-18(25-1-5-30-6-2-25)23-19(22-17)26-3-7-31-8-4-26/h9-11H,1-8,12H2,(H,21,22,23,24)/b20-11+. The second kappa shape index (κ2) is 9.38. The Morgan fingerprint density at radius 3 is 2.09 bits per heavy atom. The first kappa shape index (κ1) is 21.1. The lowest BCUT2D eigenvalue weighted by Gasteiger charge is -2.30. The van der Waals surface area contributed by atoms with Crippen LogP contribution in [0.15, 0.2) is 17.2 Å². The molecular weight excluding hydrogens is 436 g/mol. The highest BCUT2D eigenvalue weighted by atomic mass is 16.7. The zero-order chi connectivity index (χ0) is 22.6. The monoisotopic (exact) mass is 458 g/mol. The summed E-state index contributed by atoms with van der Waals surface area (Å²) in [6, 6.07) is 2.83. The molecular formula is C19H22N8O6. The summed E-state index contributed by atoms with van der Waals surface area (Å²) in [6.45, 7) is 5.04. The van der Waals surface area contributed by atoms with E-state index in [1.807, 2.05) is 9.80 Å². The van der Waals surface area contributed by atoms with Crippen LogP contribution in [0.1, 0.15) is 5.56 Å². The molecule has 0 atom stereocenters. The first-order valence-electron chi connectivity index (χ1n) is 10.5. The van der Waals surface area contributed by atoms with Crippen molar-refractivity contribution in [3.63, 3.8) is 0 Å². The molecule has 14 nitrogen and oxygen atoms in total. The lowest BCUT2D eigenvalue weighted by molar-refractivity contribution is -0.385. The van der Waals surface area contributed by atoms with Crippen LogP contribution < -0.4 is 24.7 Å². The van der Waals surface area contributed by atoms with Crippen molar-refractivity contribution < 1.29 is 23.9 Å². The molecule has 0 spiro atoms. The van der Waals surface area contributed by atoms with Gasteiger partial charge in [0, 0.05) is 26.2 Å². The van der Waals surface area contributed by atoms with Crippen LogP contribution in [-0.2, 0) is 9.47 Å². The van der Waals surface area contributed by atoms with Crippen molar-refractivity contribution >= 4 is 29.7 Å². The van der Waals surface area contributed by atoms with Crippen molar-refractivity contribution in [3.8, 4) is 11.5 Å². The number of nitrogens with zero attached hydrogens (tertiary/aromatic N) is 7. The number of fused-ring (bicyclic) bond motifs is 1. The third-order valence-electron chi connectivity index (χ3n) is 5.29. The molecule has 33 heavy (non-hydrogen) atoms. The maximum Gasteiger partial charge on any atom is 0.282 e. The van der Waals surface area contributed by atoms with Crippen LogP contribution in [0.2, 0.25) is 0 Å². The van der Waals surface area contributed by atoms with Crippen LogP contribution in [0.5, 0.6) is 11.5 Å². The van der Waals surface area contributed by atoms with E-state index in [0.29, 0.717) is 76.0 Å².